The minimum Gasteiger partial charge on any atom is -0.314 e. The average Bonchev–Trinajstić information content (AvgIpc) is 2.34. The summed E-state index contributed by atoms with van der Waals surface area (Å²) in [6.07, 6.45) is 0. The van der Waals surface area contributed by atoms with Gasteiger partial charge in [0.15, 0.2) is 0 Å². The molecule has 2 nitrogen and oxygen atoms in total. The number of aryl methyl sites for hydroxylation is 1. The summed E-state index contributed by atoms with van der Waals surface area (Å²) >= 11 is 3.44. The van der Waals surface area contributed by atoms with Crippen molar-refractivity contribution in [3.63, 3.8) is 0 Å². The molecule has 0 aromatic heterocycles. The Bertz CT molecular complexity index is 408. The smallest absolute Gasteiger partial charge is 0.130 e. The van der Waals surface area contributed by atoms with Gasteiger partial charge in [-0.3, -0.25) is 4.90 Å². The Morgan fingerprint density at radius 1 is 1.33 bits per heavy atom. The number of nitrogens with one attached hydrogen (secondary N) is 1. The van der Waals surface area contributed by atoms with Crippen LogP contribution in [0, 0.1) is 12.7 Å². The van der Waals surface area contributed by atoms with E-state index >= 15 is 0 Å². The molecule has 102 valence electrons. The highest BCUT2D eigenvalue weighted by Crippen LogP contribution is 2.28. The number of hydrogen-bond acceptors (Lipinski definition) is 2. The van der Waals surface area contributed by atoms with Gasteiger partial charge in [0, 0.05) is 42.3 Å². The minimum absolute atomic E-state index is 0. The predicted octanol–water partition coefficient (Wildman–Crippen LogP) is 3.28. The van der Waals surface area contributed by atoms with E-state index in [0.29, 0.717) is 5.56 Å². The molecule has 0 amide bonds. The van der Waals surface area contributed by atoms with Crippen molar-refractivity contribution >= 4 is 28.3 Å². The molecule has 0 spiro atoms. The second kappa shape index (κ2) is 6.85. The van der Waals surface area contributed by atoms with Crippen molar-refractivity contribution in [2.75, 3.05) is 26.2 Å². The fourth-order valence-corrected chi connectivity index (χ4v) is 2.91. The Labute approximate surface area is 122 Å². The lowest BCUT2D eigenvalue weighted by Gasteiger charge is -2.33. The van der Waals surface area contributed by atoms with Crippen LogP contribution in [0.25, 0.3) is 0 Å². The number of halogens is 3. The van der Waals surface area contributed by atoms with Crippen LogP contribution in [0.1, 0.15) is 24.1 Å². The van der Waals surface area contributed by atoms with Crippen LogP contribution >= 0.6 is 28.3 Å². The molecule has 1 N–H and O–H groups in total. The van der Waals surface area contributed by atoms with Crippen LogP contribution < -0.4 is 5.32 Å². The number of benzene rings is 1. The summed E-state index contributed by atoms with van der Waals surface area (Å²) in [5, 5.41) is 3.31. The second-order valence-electron chi connectivity index (χ2n) is 4.59. The molecule has 1 aromatic carbocycles. The molecule has 1 atom stereocenters. The average molecular weight is 338 g/mol. The monoisotopic (exact) mass is 336 g/mol. The Kier molecular flexibility index (Phi) is 6.05. The maximum Gasteiger partial charge on any atom is 0.130 e. The third-order valence-electron chi connectivity index (χ3n) is 3.40. The van der Waals surface area contributed by atoms with Gasteiger partial charge in [-0.2, -0.15) is 0 Å². The predicted molar refractivity (Wildman–Crippen MR) is 78.9 cm³/mol. The van der Waals surface area contributed by atoms with Crippen molar-refractivity contribution in [3.05, 3.63) is 33.5 Å². The van der Waals surface area contributed by atoms with Crippen LogP contribution in [0.5, 0.6) is 0 Å². The van der Waals surface area contributed by atoms with Crippen LogP contribution in [0.3, 0.4) is 0 Å². The summed E-state index contributed by atoms with van der Waals surface area (Å²) in [4.78, 5) is 2.32. The van der Waals surface area contributed by atoms with Gasteiger partial charge in [0.1, 0.15) is 5.82 Å². The summed E-state index contributed by atoms with van der Waals surface area (Å²) in [6.45, 7) is 7.82. The van der Waals surface area contributed by atoms with E-state index in [-0.39, 0.29) is 24.3 Å². The first-order valence-electron chi connectivity index (χ1n) is 6.00. The lowest BCUT2D eigenvalue weighted by molar-refractivity contribution is 0.182. The van der Waals surface area contributed by atoms with Gasteiger partial charge in [-0.25, -0.2) is 4.39 Å². The van der Waals surface area contributed by atoms with Gasteiger partial charge in [-0.05, 0) is 31.5 Å². The van der Waals surface area contributed by atoms with Gasteiger partial charge in [-0.15, -0.1) is 12.4 Å². The molecule has 1 aliphatic heterocycles. The highest BCUT2D eigenvalue weighted by Gasteiger charge is 2.21. The molecule has 18 heavy (non-hydrogen) atoms. The molecular weight excluding hydrogens is 319 g/mol. The molecule has 1 heterocycles. The van der Waals surface area contributed by atoms with Crippen molar-refractivity contribution < 1.29 is 4.39 Å². The van der Waals surface area contributed by atoms with Crippen molar-refractivity contribution in [1.82, 2.24) is 10.2 Å². The van der Waals surface area contributed by atoms with E-state index in [1.165, 1.54) is 0 Å². The van der Waals surface area contributed by atoms with Gasteiger partial charge < -0.3 is 5.32 Å². The molecule has 5 heteroatoms. The molecule has 0 radical (unpaired) electrons. The first-order valence-corrected chi connectivity index (χ1v) is 6.79. The van der Waals surface area contributed by atoms with E-state index in [1.54, 1.807) is 0 Å². The molecule has 1 aliphatic rings. The van der Waals surface area contributed by atoms with Gasteiger partial charge in [0.05, 0.1) is 0 Å². The van der Waals surface area contributed by atoms with Gasteiger partial charge in [-0.1, -0.05) is 15.9 Å². The Morgan fingerprint density at radius 3 is 2.56 bits per heavy atom. The molecule has 0 saturated carbocycles. The molecule has 1 fully saturated rings. The van der Waals surface area contributed by atoms with E-state index in [1.807, 2.05) is 19.1 Å². The summed E-state index contributed by atoms with van der Waals surface area (Å²) in [5.74, 6) is -0.0702. The Hall–Kier alpha value is -0.160. The molecule has 0 bridgehead atoms. The third-order valence-corrected chi connectivity index (χ3v) is 3.85. The van der Waals surface area contributed by atoms with E-state index in [0.717, 1.165) is 36.2 Å². The molecule has 1 saturated heterocycles. The van der Waals surface area contributed by atoms with Crippen LogP contribution in [-0.4, -0.2) is 31.1 Å². The van der Waals surface area contributed by atoms with Gasteiger partial charge >= 0.3 is 0 Å². The summed E-state index contributed by atoms with van der Waals surface area (Å²) in [6, 6.07) is 3.85. The highest BCUT2D eigenvalue weighted by atomic mass is 79.9. The topological polar surface area (TPSA) is 15.3 Å². The van der Waals surface area contributed by atoms with Crippen LogP contribution in [0.2, 0.25) is 0 Å². The fourth-order valence-electron chi connectivity index (χ4n) is 2.32. The standard InChI is InChI=1S/C13H18BrFN2.ClH/c1-9-7-11(14)8-12(13(9)15)10(2)17-5-3-16-4-6-17;/h7-8,10,16H,3-6H2,1-2H3;1H/t10-;/m1./s1. The van der Waals surface area contributed by atoms with E-state index in [9.17, 15) is 4.39 Å². The lowest BCUT2D eigenvalue weighted by Crippen LogP contribution is -2.44. The fraction of sp³-hybridized carbons (Fsp3) is 0.538. The number of piperazine rings is 1. The number of hydrogen-bond donors (Lipinski definition) is 1. The molecule has 0 aliphatic carbocycles. The molecular formula is C13H19BrClFN2. The maximum atomic E-state index is 14.1. The Balaban J connectivity index is 0.00000162. The van der Waals surface area contributed by atoms with Gasteiger partial charge in [0.25, 0.3) is 0 Å². The van der Waals surface area contributed by atoms with E-state index in [2.05, 4.69) is 33.1 Å². The van der Waals surface area contributed by atoms with Crippen molar-refractivity contribution in [2.45, 2.75) is 19.9 Å². The van der Waals surface area contributed by atoms with Crippen molar-refractivity contribution in [3.8, 4) is 0 Å². The molecule has 2 rings (SSSR count). The second-order valence-corrected chi connectivity index (χ2v) is 5.50. The van der Waals surface area contributed by atoms with Gasteiger partial charge in [0.2, 0.25) is 0 Å². The van der Waals surface area contributed by atoms with Crippen LogP contribution in [0.4, 0.5) is 4.39 Å². The number of rotatable bonds is 2. The first-order chi connectivity index (χ1) is 8.09. The quantitative estimate of drug-likeness (QED) is 0.891. The van der Waals surface area contributed by atoms with E-state index in [4.69, 9.17) is 0 Å². The summed E-state index contributed by atoms with van der Waals surface area (Å²) < 4.78 is 15.1. The van der Waals surface area contributed by atoms with Crippen molar-refractivity contribution in [2.24, 2.45) is 0 Å². The largest absolute Gasteiger partial charge is 0.314 e. The zero-order chi connectivity index (χ0) is 12.4. The van der Waals surface area contributed by atoms with Crippen LogP contribution in [-0.2, 0) is 0 Å². The maximum absolute atomic E-state index is 14.1. The lowest BCUT2D eigenvalue weighted by atomic mass is 10.0. The zero-order valence-electron chi connectivity index (χ0n) is 10.7. The summed E-state index contributed by atoms with van der Waals surface area (Å²) in [5.41, 5.74) is 1.50. The zero-order valence-corrected chi connectivity index (χ0v) is 13.1. The normalized spacial score (nSPS) is 18.2. The SMILES string of the molecule is Cc1cc(Br)cc([C@@H](C)N2CCNCC2)c1F.Cl. The third kappa shape index (κ3) is 3.44. The van der Waals surface area contributed by atoms with Crippen molar-refractivity contribution in [1.29, 1.82) is 0 Å². The van der Waals surface area contributed by atoms with E-state index < -0.39 is 0 Å². The molecule has 1 aromatic rings. The first kappa shape index (κ1) is 15.9. The number of nitrogens with zero attached hydrogens (tertiary/aromatic N) is 1. The molecule has 0 unspecified atom stereocenters. The Morgan fingerprint density at radius 2 is 1.94 bits per heavy atom. The highest BCUT2D eigenvalue weighted by molar-refractivity contribution is 9.10. The summed E-state index contributed by atoms with van der Waals surface area (Å²) in [7, 11) is 0. The van der Waals surface area contributed by atoms with Crippen LogP contribution in [0.15, 0.2) is 16.6 Å². The minimum atomic E-state index is -0.0702.